The van der Waals surface area contributed by atoms with Gasteiger partial charge in [0.25, 0.3) is 5.69 Å². The van der Waals surface area contributed by atoms with Crippen LogP contribution < -0.4 is 15.5 Å². The van der Waals surface area contributed by atoms with E-state index in [0.29, 0.717) is 40.8 Å². The van der Waals surface area contributed by atoms with Crippen LogP contribution in [0, 0.1) is 16.0 Å². The fourth-order valence-corrected chi connectivity index (χ4v) is 5.21. The number of benzene rings is 2. The highest BCUT2D eigenvalue weighted by Gasteiger charge is 2.23. The Balaban J connectivity index is 1.12. The number of hydrogen-bond donors (Lipinski definition) is 2. The summed E-state index contributed by atoms with van der Waals surface area (Å²) in [4.78, 5) is 22.5. The molecule has 9 nitrogen and oxygen atoms in total. The maximum Gasteiger partial charge on any atom is 0.281 e. The summed E-state index contributed by atoms with van der Waals surface area (Å²) in [5, 5.41) is 19.8. The quantitative estimate of drug-likeness (QED) is 0.191. The molecule has 0 amide bonds. The van der Waals surface area contributed by atoms with Crippen molar-refractivity contribution in [1.29, 1.82) is 0 Å². The van der Waals surface area contributed by atoms with Gasteiger partial charge in [-0.1, -0.05) is 23.7 Å². The van der Waals surface area contributed by atoms with Crippen LogP contribution in [0.4, 0.5) is 17.5 Å². The largest absolute Gasteiger partial charge is 0.459 e. The van der Waals surface area contributed by atoms with Crippen LogP contribution in [0.25, 0.3) is 22.2 Å². The first kappa shape index (κ1) is 25.9. The lowest BCUT2D eigenvalue weighted by Gasteiger charge is -2.29. The second-order valence-corrected chi connectivity index (χ2v) is 10.4. The summed E-state index contributed by atoms with van der Waals surface area (Å²) in [6.07, 6.45) is 4.34. The van der Waals surface area contributed by atoms with Crippen molar-refractivity contribution in [3.8, 4) is 11.3 Å². The minimum Gasteiger partial charge on any atom is -0.459 e. The van der Waals surface area contributed by atoms with Gasteiger partial charge in [0.2, 0.25) is 5.95 Å². The monoisotopic (exact) mass is 534 g/mol. The van der Waals surface area contributed by atoms with Gasteiger partial charge in [-0.25, -0.2) is 4.98 Å². The van der Waals surface area contributed by atoms with E-state index >= 15 is 0 Å². The van der Waals surface area contributed by atoms with Gasteiger partial charge in [0.15, 0.2) is 0 Å². The smallest absolute Gasteiger partial charge is 0.281 e. The first-order valence-electron chi connectivity index (χ1n) is 12.8. The van der Waals surface area contributed by atoms with Crippen LogP contribution >= 0.6 is 11.6 Å². The molecule has 0 bridgehead atoms. The third-order valence-electron chi connectivity index (χ3n) is 7.00. The van der Waals surface area contributed by atoms with Gasteiger partial charge in [-0.15, -0.1) is 0 Å². The van der Waals surface area contributed by atoms with Crippen molar-refractivity contribution in [1.82, 2.24) is 15.3 Å². The van der Waals surface area contributed by atoms with Gasteiger partial charge >= 0.3 is 0 Å². The number of rotatable bonds is 9. The number of para-hydroxylation sites is 1. The van der Waals surface area contributed by atoms with Gasteiger partial charge < -0.3 is 20.0 Å². The standard InChI is InChI=1S/C28H31ClN6O3/c1-34(2)27-22-5-3-4-6-24(22)32-28(33-27)31-20-10-7-18(8-11-20)16-30-17-21-12-14-26(38-21)23-13-9-19(29)15-25(23)35(36)37/h3-6,9,12-15,18,20,30H,7-8,10-11,16-17H2,1-2H3,(H,31,32,33)/t18-,20+. The fourth-order valence-electron chi connectivity index (χ4n) is 5.04. The van der Waals surface area contributed by atoms with Gasteiger partial charge in [-0.3, -0.25) is 10.1 Å². The molecule has 1 aliphatic carbocycles. The molecule has 38 heavy (non-hydrogen) atoms. The van der Waals surface area contributed by atoms with E-state index in [1.165, 1.54) is 6.07 Å². The molecule has 0 aliphatic heterocycles. The number of nitrogens with one attached hydrogen (secondary N) is 2. The van der Waals surface area contributed by atoms with E-state index in [-0.39, 0.29) is 5.69 Å². The summed E-state index contributed by atoms with van der Waals surface area (Å²) in [5.41, 5.74) is 1.30. The Morgan fingerprint density at radius 3 is 2.63 bits per heavy atom. The van der Waals surface area contributed by atoms with Crippen LogP contribution in [0.15, 0.2) is 59.0 Å². The van der Waals surface area contributed by atoms with Crippen LogP contribution in [-0.2, 0) is 6.54 Å². The number of furan rings is 1. The Kier molecular flexibility index (Phi) is 7.76. The minimum atomic E-state index is -0.444. The van der Waals surface area contributed by atoms with Gasteiger partial charge in [-0.2, -0.15) is 4.98 Å². The summed E-state index contributed by atoms with van der Waals surface area (Å²) in [7, 11) is 4.00. The zero-order valence-electron chi connectivity index (χ0n) is 21.5. The van der Waals surface area contributed by atoms with Crippen LogP contribution in [0.1, 0.15) is 31.4 Å². The topological polar surface area (TPSA) is 109 Å². The van der Waals surface area contributed by atoms with E-state index in [1.54, 1.807) is 18.2 Å². The fraction of sp³-hybridized carbons (Fsp3) is 0.357. The Labute approximate surface area is 226 Å². The van der Waals surface area contributed by atoms with Gasteiger partial charge in [0.1, 0.15) is 17.3 Å². The molecule has 1 fully saturated rings. The SMILES string of the molecule is CN(C)c1nc(N[C@H]2CC[C@@H](CNCc3ccc(-c4ccc(Cl)cc4[N+](=O)[O-])o3)CC2)nc2ccccc12. The summed E-state index contributed by atoms with van der Waals surface area (Å²) in [6.45, 7) is 1.46. The number of halogens is 1. The second-order valence-electron chi connectivity index (χ2n) is 9.96. The third kappa shape index (κ3) is 5.89. The Hall–Kier alpha value is -3.69. The highest BCUT2D eigenvalue weighted by Crippen LogP contribution is 2.33. The molecule has 0 unspecified atom stereocenters. The molecule has 2 heterocycles. The highest BCUT2D eigenvalue weighted by atomic mass is 35.5. The predicted octanol–water partition coefficient (Wildman–Crippen LogP) is 6.28. The van der Waals surface area contributed by atoms with E-state index in [4.69, 9.17) is 26.0 Å². The number of nitrogens with zero attached hydrogens (tertiary/aromatic N) is 4. The van der Waals surface area contributed by atoms with Gasteiger partial charge in [0, 0.05) is 36.6 Å². The highest BCUT2D eigenvalue weighted by molar-refractivity contribution is 6.30. The normalized spacial score (nSPS) is 17.4. The zero-order valence-corrected chi connectivity index (χ0v) is 22.2. The molecule has 1 aliphatic rings. The predicted molar refractivity (Wildman–Crippen MR) is 151 cm³/mol. The lowest BCUT2D eigenvalue weighted by Crippen LogP contribution is -2.31. The molecule has 1 saturated carbocycles. The van der Waals surface area contributed by atoms with Crippen molar-refractivity contribution in [2.45, 2.75) is 38.3 Å². The van der Waals surface area contributed by atoms with E-state index in [1.807, 2.05) is 43.3 Å². The number of hydrogen-bond acceptors (Lipinski definition) is 8. The molecular weight excluding hydrogens is 504 g/mol. The molecule has 0 atom stereocenters. The molecule has 2 aromatic heterocycles. The first-order chi connectivity index (χ1) is 18.4. The van der Waals surface area contributed by atoms with E-state index in [2.05, 4.69) is 16.7 Å². The first-order valence-corrected chi connectivity index (χ1v) is 13.2. The van der Waals surface area contributed by atoms with E-state index in [0.717, 1.165) is 54.7 Å². The van der Waals surface area contributed by atoms with Crippen molar-refractivity contribution >= 4 is 40.0 Å². The van der Waals surface area contributed by atoms with E-state index < -0.39 is 4.92 Å². The lowest BCUT2D eigenvalue weighted by molar-refractivity contribution is -0.384. The second kappa shape index (κ2) is 11.4. The number of nitro groups is 1. The Morgan fingerprint density at radius 1 is 1.08 bits per heavy atom. The number of nitro benzene ring substituents is 1. The maximum absolute atomic E-state index is 11.4. The molecule has 0 radical (unpaired) electrons. The molecule has 2 N–H and O–H groups in total. The molecule has 4 aromatic rings. The van der Waals surface area contributed by atoms with Crippen molar-refractivity contribution in [2.75, 3.05) is 30.9 Å². The van der Waals surface area contributed by atoms with Gasteiger partial charge in [-0.05, 0) is 74.5 Å². The number of aromatic nitrogens is 2. The Bertz CT molecular complexity index is 1430. The lowest BCUT2D eigenvalue weighted by atomic mass is 9.86. The van der Waals surface area contributed by atoms with Crippen molar-refractivity contribution in [2.24, 2.45) is 5.92 Å². The minimum absolute atomic E-state index is 0.0660. The Morgan fingerprint density at radius 2 is 1.87 bits per heavy atom. The zero-order chi connectivity index (χ0) is 26.6. The van der Waals surface area contributed by atoms with Crippen LogP contribution in [0.3, 0.4) is 0 Å². The van der Waals surface area contributed by atoms with Crippen LogP contribution in [-0.4, -0.2) is 41.6 Å². The summed E-state index contributed by atoms with van der Waals surface area (Å²) in [5.74, 6) is 3.38. The van der Waals surface area contributed by atoms with Crippen molar-refractivity contribution < 1.29 is 9.34 Å². The van der Waals surface area contributed by atoms with Crippen LogP contribution in [0.5, 0.6) is 0 Å². The molecule has 10 heteroatoms. The maximum atomic E-state index is 11.4. The van der Waals surface area contributed by atoms with E-state index in [9.17, 15) is 10.1 Å². The summed E-state index contributed by atoms with van der Waals surface area (Å²) < 4.78 is 5.89. The van der Waals surface area contributed by atoms with Crippen molar-refractivity contribution in [3.05, 3.63) is 75.5 Å². The van der Waals surface area contributed by atoms with Crippen molar-refractivity contribution in [3.63, 3.8) is 0 Å². The molecule has 5 rings (SSSR count). The van der Waals surface area contributed by atoms with Crippen LogP contribution in [0.2, 0.25) is 5.02 Å². The average Bonchev–Trinajstić information content (AvgIpc) is 3.37. The van der Waals surface area contributed by atoms with Gasteiger partial charge in [0.05, 0.1) is 22.5 Å². The molecule has 2 aromatic carbocycles. The summed E-state index contributed by atoms with van der Waals surface area (Å²) in [6, 6.07) is 16.7. The molecule has 0 saturated heterocycles. The third-order valence-corrected chi connectivity index (χ3v) is 7.24. The molecule has 0 spiro atoms. The molecule has 198 valence electrons. The number of fused-ring (bicyclic) bond motifs is 1. The molecular formula is C28H31ClN6O3. The average molecular weight is 535 g/mol. The summed E-state index contributed by atoms with van der Waals surface area (Å²) >= 11 is 5.93. The number of anilines is 2.